The Bertz CT molecular complexity index is 1100. The average molecular weight is 449 g/mol. The highest BCUT2D eigenvalue weighted by Crippen LogP contribution is 2.27. The first-order chi connectivity index (χ1) is 13.8. The van der Waals surface area contributed by atoms with Gasteiger partial charge in [-0.1, -0.05) is 18.6 Å². The van der Waals surface area contributed by atoms with Crippen molar-refractivity contribution in [1.82, 2.24) is 18.9 Å². The molecule has 0 amide bonds. The van der Waals surface area contributed by atoms with Gasteiger partial charge in [0, 0.05) is 12.7 Å². The number of imidazole rings is 2. The van der Waals surface area contributed by atoms with Gasteiger partial charge in [0.05, 0.1) is 16.7 Å². The number of piperidine rings is 1. The van der Waals surface area contributed by atoms with Gasteiger partial charge < -0.3 is 9.47 Å². The summed E-state index contributed by atoms with van der Waals surface area (Å²) in [4.78, 5) is 7.46. The summed E-state index contributed by atoms with van der Waals surface area (Å²) >= 11 is 0. The van der Waals surface area contributed by atoms with Gasteiger partial charge in [0.1, 0.15) is 5.82 Å². The van der Waals surface area contributed by atoms with E-state index in [2.05, 4.69) is 32.2 Å². The molecule has 1 aliphatic heterocycles. The summed E-state index contributed by atoms with van der Waals surface area (Å²) in [5, 5.41) is 0. The maximum Gasteiger partial charge on any atom is 0.215 e. The van der Waals surface area contributed by atoms with Crippen LogP contribution in [-0.4, -0.2) is 38.5 Å². The third kappa shape index (κ3) is 4.34. The van der Waals surface area contributed by atoms with Gasteiger partial charge in [0.25, 0.3) is 0 Å². The highest BCUT2D eigenvalue weighted by molar-refractivity contribution is 5.85. The molecule has 0 bridgehead atoms. The van der Waals surface area contributed by atoms with E-state index in [4.69, 9.17) is 4.98 Å². The number of rotatable bonds is 5. The van der Waals surface area contributed by atoms with Gasteiger partial charge >= 0.3 is 0 Å². The Morgan fingerprint density at radius 2 is 1.60 bits per heavy atom. The first-order valence-electron chi connectivity index (χ1n) is 10.2. The molecule has 0 atom stereocenters. The highest BCUT2D eigenvalue weighted by atomic mass is 35.5. The Morgan fingerprint density at radius 1 is 0.867 bits per heavy atom. The van der Waals surface area contributed by atoms with E-state index in [0.29, 0.717) is 0 Å². The zero-order valence-electron chi connectivity index (χ0n) is 16.8. The largest absolute Gasteiger partial charge is 0.310 e. The fourth-order valence-electron chi connectivity index (χ4n) is 4.36. The summed E-state index contributed by atoms with van der Waals surface area (Å²) in [6.45, 7) is 4.47. The van der Waals surface area contributed by atoms with E-state index in [0.717, 1.165) is 47.6 Å². The van der Waals surface area contributed by atoms with Gasteiger partial charge in [-0.25, -0.2) is 9.37 Å². The number of likely N-dealkylation sites (tertiary alicyclic amines) is 1. The fraction of sp³-hybridized carbons (Fsp3) is 0.348. The molecule has 160 valence electrons. The molecule has 0 saturated carbocycles. The Hall–Kier alpha value is -2.08. The zero-order valence-corrected chi connectivity index (χ0v) is 18.5. The Labute approximate surface area is 188 Å². The van der Waals surface area contributed by atoms with Crippen molar-refractivity contribution in [2.75, 3.05) is 19.6 Å². The van der Waals surface area contributed by atoms with E-state index < -0.39 is 0 Å². The molecule has 1 fully saturated rings. The van der Waals surface area contributed by atoms with Gasteiger partial charge in [0.15, 0.2) is 0 Å². The summed E-state index contributed by atoms with van der Waals surface area (Å²) in [6, 6.07) is 15.0. The number of hydrogen-bond donors (Lipinski definition) is 0. The predicted molar refractivity (Wildman–Crippen MR) is 125 cm³/mol. The molecular weight excluding hydrogens is 422 g/mol. The van der Waals surface area contributed by atoms with Crippen LogP contribution in [0.2, 0.25) is 0 Å². The topological polar surface area (TPSA) is 25.5 Å². The van der Waals surface area contributed by atoms with E-state index in [1.165, 1.54) is 44.5 Å². The molecule has 0 spiro atoms. The van der Waals surface area contributed by atoms with Crippen molar-refractivity contribution in [1.29, 1.82) is 0 Å². The van der Waals surface area contributed by atoms with Crippen LogP contribution in [-0.2, 0) is 6.54 Å². The quantitative estimate of drug-likeness (QED) is 0.384. The van der Waals surface area contributed by atoms with Gasteiger partial charge in [-0.15, -0.1) is 24.8 Å². The normalized spacial score (nSPS) is 14.6. The van der Waals surface area contributed by atoms with Gasteiger partial charge in [-0.05, 0) is 80.9 Å². The zero-order chi connectivity index (χ0) is 18.9. The monoisotopic (exact) mass is 448 g/mol. The van der Waals surface area contributed by atoms with Crippen molar-refractivity contribution in [2.45, 2.75) is 32.2 Å². The molecule has 30 heavy (non-hydrogen) atoms. The minimum absolute atomic E-state index is 0. The van der Waals surface area contributed by atoms with Gasteiger partial charge in [-0.3, -0.25) is 4.40 Å². The molecule has 5 rings (SSSR count). The number of fused-ring (bicyclic) bond motifs is 3. The SMILES string of the molecule is Cl.Cl.Fc1ccc(-c2cn3c4ccccc4nc3n2CCCN2CCCCC2)cc1. The fourth-order valence-corrected chi connectivity index (χ4v) is 4.36. The predicted octanol–water partition coefficient (Wildman–Crippen LogP) is 5.81. The van der Waals surface area contributed by atoms with Crippen molar-refractivity contribution in [3.8, 4) is 11.3 Å². The highest BCUT2D eigenvalue weighted by Gasteiger charge is 2.16. The van der Waals surface area contributed by atoms with Crippen LogP contribution in [0.15, 0.2) is 54.7 Å². The molecule has 7 heteroatoms. The van der Waals surface area contributed by atoms with Crippen LogP contribution in [0.25, 0.3) is 28.1 Å². The molecule has 0 unspecified atom stereocenters. The molecule has 0 aliphatic carbocycles. The summed E-state index contributed by atoms with van der Waals surface area (Å²) < 4.78 is 17.9. The molecule has 4 nitrogen and oxygen atoms in total. The molecule has 1 aliphatic rings. The number of hydrogen-bond acceptors (Lipinski definition) is 2. The van der Waals surface area contributed by atoms with Crippen molar-refractivity contribution in [3.05, 3.63) is 60.5 Å². The van der Waals surface area contributed by atoms with Gasteiger partial charge in [-0.2, -0.15) is 0 Å². The van der Waals surface area contributed by atoms with Crippen LogP contribution >= 0.6 is 24.8 Å². The maximum absolute atomic E-state index is 13.4. The smallest absolute Gasteiger partial charge is 0.215 e. The van der Waals surface area contributed by atoms with Gasteiger partial charge in [0.2, 0.25) is 5.78 Å². The average Bonchev–Trinajstić information content (AvgIpc) is 3.26. The number of benzene rings is 2. The van der Waals surface area contributed by atoms with Crippen LogP contribution in [0.3, 0.4) is 0 Å². The standard InChI is InChI=1S/C23H25FN4.2ClH/c24-19-11-9-18(10-12-19)22-17-28-21-8-3-2-7-20(21)25-23(28)27(22)16-6-15-26-13-4-1-5-14-26;;/h2-3,7-12,17H,1,4-6,13-16H2;2*1H. The Balaban J connectivity index is 0.00000128. The minimum atomic E-state index is -0.206. The number of aromatic nitrogens is 3. The van der Waals surface area contributed by atoms with Crippen molar-refractivity contribution >= 4 is 41.6 Å². The lowest BCUT2D eigenvalue weighted by Gasteiger charge is -2.26. The second kappa shape index (κ2) is 9.82. The summed E-state index contributed by atoms with van der Waals surface area (Å²) in [5.41, 5.74) is 4.23. The van der Waals surface area contributed by atoms with Crippen LogP contribution in [0.5, 0.6) is 0 Å². The van der Waals surface area contributed by atoms with Crippen LogP contribution < -0.4 is 0 Å². The number of aryl methyl sites for hydroxylation is 1. The lowest BCUT2D eigenvalue weighted by Crippen LogP contribution is -2.31. The van der Waals surface area contributed by atoms with Crippen molar-refractivity contribution in [3.63, 3.8) is 0 Å². The summed E-state index contributed by atoms with van der Waals surface area (Å²) in [6.07, 6.45) is 7.23. The van der Waals surface area contributed by atoms with E-state index in [9.17, 15) is 4.39 Å². The first kappa shape index (κ1) is 22.6. The second-order valence-electron chi connectivity index (χ2n) is 7.70. The minimum Gasteiger partial charge on any atom is -0.310 e. The second-order valence-corrected chi connectivity index (χ2v) is 7.70. The molecule has 1 saturated heterocycles. The summed E-state index contributed by atoms with van der Waals surface area (Å²) in [5.74, 6) is 0.751. The summed E-state index contributed by atoms with van der Waals surface area (Å²) in [7, 11) is 0. The van der Waals surface area contributed by atoms with Crippen LogP contribution in [0, 0.1) is 5.82 Å². The van der Waals surface area contributed by atoms with E-state index >= 15 is 0 Å². The van der Waals surface area contributed by atoms with E-state index in [1.807, 2.05) is 24.3 Å². The van der Waals surface area contributed by atoms with E-state index in [1.54, 1.807) is 0 Å². The molecular formula is C23H27Cl2FN4. The third-order valence-corrected chi connectivity index (χ3v) is 5.81. The number of nitrogens with zero attached hydrogens (tertiary/aromatic N) is 4. The number of para-hydroxylation sites is 2. The van der Waals surface area contributed by atoms with Crippen LogP contribution in [0.4, 0.5) is 4.39 Å². The Kier molecular flexibility index (Phi) is 7.40. The first-order valence-corrected chi connectivity index (χ1v) is 10.2. The molecule has 3 heterocycles. The lowest BCUT2D eigenvalue weighted by molar-refractivity contribution is 0.223. The molecule has 0 radical (unpaired) electrons. The molecule has 2 aromatic carbocycles. The lowest BCUT2D eigenvalue weighted by atomic mass is 10.1. The number of halogens is 3. The molecule has 2 aromatic heterocycles. The van der Waals surface area contributed by atoms with E-state index in [-0.39, 0.29) is 30.6 Å². The molecule has 4 aromatic rings. The Morgan fingerprint density at radius 3 is 2.37 bits per heavy atom. The van der Waals surface area contributed by atoms with Crippen molar-refractivity contribution < 1.29 is 4.39 Å². The maximum atomic E-state index is 13.4. The van der Waals surface area contributed by atoms with Crippen LogP contribution in [0.1, 0.15) is 25.7 Å². The molecule has 0 N–H and O–H groups in total. The third-order valence-electron chi connectivity index (χ3n) is 5.81. The van der Waals surface area contributed by atoms with Crippen molar-refractivity contribution in [2.24, 2.45) is 0 Å².